The molecule has 1 amide bonds. The van der Waals surface area contributed by atoms with Gasteiger partial charge in [0.25, 0.3) is 0 Å². The number of carboxylic acid groups (broad SMARTS) is 1. The molecule has 0 aromatic heterocycles. The van der Waals surface area contributed by atoms with E-state index in [0.29, 0.717) is 0 Å². The minimum Gasteiger partial charge on any atom is -0.480 e. The number of nitrogens with zero attached hydrogens (tertiary/aromatic N) is 1. The van der Waals surface area contributed by atoms with Crippen molar-refractivity contribution in [3.8, 4) is 0 Å². The smallest absolute Gasteiger partial charge is 0.329 e. The van der Waals surface area contributed by atoms with Crippen LogP contribution in [0.2, 0.25) is 0 Å². The topological polar surface area (TPSA) is 57.6 Å². The SMILES string of the molecule is CC=CC(=O)N(C)C(C)(C)C(=O)O. The molecule has 0 unspecified atom stereocenters. The van der Waals surface area contributed by atoms with Crippen LogP contribution in [0.4, 0.5) is 0 Å². The van der Waals surface area contributed by atoms with Gasteiger partial charge in [-0.3, -0.25) is 4.79 Å². The fourth-order valence-electron chi connectivity index (χ4n) is 0.673. The lowest BCUT2D eigenvalue weighted by atomic mass is 10.0. The van der Waals surface area contributed by atoms with Crippen molar-refractivity contribution >= 4 is 11.9 Å². The summed E-state index contributed by atoms with van der Waals surface area (Å²) in [5.41, 5.74) is -1.17. The van der Waals surface area contributed by atoms with Crippen LogP contribution in [0.3, 0.4) is 0 Å². The molecule has 0 bridgehead atoms. The van der Waals surface area contributed by atoms with Gasteiger partial charge in [-0.25, -0.2) is 4.79 Å². The molecule has 0 fully saturated rings. The Labute approximate surface area is 77.8 Å². The van der Waals surface area contributed by atoms with E-state index in [1.807, 2.05) is 0 Å². The Bertz CT molecular complexity index is 243. The van der Waals surface area contributed by atoms with Crippen LogP contribution in [0.5, 0.6) is 0 Å². The summed E-state index contributed by atoms with van der Waals surface area (Å²) in [5, 5.41) is 8.81. The molecule has 0 atom stereocenters. The highest BCUT2D eigenvalue weighted by molar-refractivity contribution is 5.92. The first-order valence-corrected chi connectivity index (χ1v) is 3.98. The normalized spacial score (nSPS) is 11.7. The number of carboxylic acids is 1. The minimum atomic E-state index is -1.17. The first-order valence-electron chi connectivity index (χ1n) is 3.98. The highest BCUT2D eigenvalue weighted by atomic mass is 16.4. The fraction of sp³-hybridized carbons (Fsp3) is 0.556. The number of amides is 1. The number of carbonyl (C=O) groups excluding carboxylic acids is 1. The molecule has 4 heteroatoms. The van der Waals surface area contributed by atoms with Crippen LogP contribution in [0.25, 0.3) is 0 Å². The van der Waals surface area contributed by atoms with E-state index in [0.717, 1.165) is 0 Å². The van der Waals surface area contributed by atoms with Crippen molar-refractivity contribution in [2.75, 3.05) is 7.05 Å². The average molecular weight is 185 g/mol. The van der Waals surface area contributed by atoms with Gasteiger partial charge in [-0.2, -0.15) is 0 Å². The van der Waals surface area contributed by atoms with Gasteiger partial charge in [0, 0.05) is 7.05 Å². The van der Waals surface area contributed by atoms with Crippen LogP contribution in [-0.2, 0) is 9.59 Å². The van der Waals surface area contributed by atoms with Gasteiger partial charge in [-0.15, -0.1) is 0 Å². The molecule has 0 aliphatic heterocycles. The lowest BCUT2D eigenvalue weighted by Gasteiger charge is -2.30. The zero-order valence-corrected chi connectivity index (χ0v) is 8.37. The van der Waals surface area contributed by atoms with Crippen LogP contribution in [0, 0.1) is 0 Å². The van der Waals surface area contributed by atoms with E-state index < -0.39 is 11.5 Å². The van der Waals surface area contributed by atoms with Crippen molar-refractivity contribution in [3.05, 3.63) is 12.2 Å². The summed E-state index contributed by atoms with van der Waals surface area (Å²) in [5.74, 6) is -1.33. The Morgan fingerprint density at radius 1 is 1.38 bits per heavy atom. The van der Waals surface area contributed by atoms with E-state index in [9.17, 15) is 9.59 Å². The van der Waals surface area contributed by atoms with Crippen LogP contribution in [0.15, 0.2) is 12.2 Å². The summed E-state index contributed by atoms with van der Waals surface area (Å²) in [7, 11) is 1.47. The molecular formula is C9H15NO3. The lowest BCUT2D eigenvalue weighted by Crippen LogP contribution is -2.50. The molecule has 0 aromatic carbocycles. The Kier molecular flexibility index (Phi) is 3.66. The molecular weight excluding hydrogens is 170 g/mol. The average Bonchev–Trinajstić information content (AvgIpc) is 2.03. The van der Waals surface area contributed by atoms with Crippen LogP contribution in [0.1, 0.15) is 20.8 Å². The monoisotopic (exact) mass is 185 g/mol. The molecule has 4 nitrogen and oxygen atoms in total. The number of hydrogen-bond acceptors (Lipinski definition) is 2. The summed E-state index contributed by atoms with van der Waals surface area (Å²) in [6.07, 6.45) is 2.92. The van der Waals surface area contributed by atoms with Gasteiger partial charge < -0.3 is 10.0 Å². The second-order valence-electron chi connectivity index (χ2n) is 3.26. The molecule has 0 spiro atoms. The maximum Gasteiger partial charge on any atom is 0.329 e. The van der Waals surface area contributed by atoms with Gasteiger partial charge in [0.1, 0.15) is 5.54 Å². The van der Waals surface area contributed by atoms with E-state index in [2.05, 4.69) is 0 Å². The molecule has 13 heavy (non-hydrogen) atoms. The summed E-state index contributed by atoms with van der Waals surface area (Å²) < 4.78 is 0. The highest BCUT2D eigenvalue weighted by Crippen LogP contribution is 2.12. The number of aliphatic carboxylic acids is 1. The van der Waals surface area contributed by atoms with Crippen LogP contribution < -0.4 is 0 Å². The number of allylic oxidation sites excluding steroid dienone is 1. The summed E-state index contributed by atoms with van der Waals surface area (Å²) in [4.78, 5) is 23.2. The maximum absolute atomic E-state index is 11.3. The number of likely N-dealkylation sites (N-methyl/N-ethyl adjacent to an activating group) is 1. The Morgan fingerprint density at radius 3 is 2.15 bits per heavy atom. The Morgan fingerprint density at radius 2 is 1.85 bits per heavy atom. The van der Waals surface area contributed by atoms with Crippen molar-refractivity contribution in [2.24, 2.45) is 0 Å². The van der Waals surface area contributed by atoms with Crippen molar-refractivity contribution in [2.45, 2.75) is 26.3 Å². The maximum atomic E-state index is 11.3. The van der Waals surface area contributed by atoms with Crippen molar-refractivity contribution in [1.29, 1.82) is 0 Å². The molecule has 0 heterocycles. The molecule has 74 valence electrons. The second-order valence-corrected chi connectivity index (χ2v) is 3.26. The fourth-order valence-corrected chi connectivity index (χ4v) is 0.673. The third kappa shape index (κ3) is 2.57. The zero-order valence-electron chi connectivity index (χ0n) is 8.37. The van der Waals surface area contributed by atoms with Crippen molar-refractivity contribution < 1.29 is 14.7 Å². The molecule has 0 saturated heterocycles. The third-order valence-corrected chi connectivity index (χ3v) is 2.00. The Hall–Kier alpha value is -1.32. The largest absolute Gasteiger partial charge is 0.480 e. The molecule has 0 aromatic rings. The van der Waals surface area contributed by atoms with Gasteiger partial charge in [-0.05, 0) is 26.8 Å². The number of rotatable bonds is 3. The van der Waals surface area contributed by atoms with Gasteiger partial charge in [0.2, 0.25) is 5.91 Å². The number of hydrogen-bond donors (Lipinski definition) is 1. The molecule has 0 radical (unpaired) electrons. The quantitative estimate of drug-likeness (QED) is 0.664. The van der Waals surface area contributed by atoms with Gasteiger partial charge >= 0.3 is 5.97 Å². The minimum absolute atomic E-state index is 0.310. The molecule has 0 aliphatic carbocycles. The van der Waals surface area contributed by atoms with Crippen molar-refractivity contribution in [3.63, 3.8) is 0 Å². The first kappa shape index (κ1) is 11.7. The molecule has 0 saturated carbocycles. The molecule has 0 aliphatic rings. The van der Waals surface area contributed by atoms with Crippen LogP contribution >= 0.6 is 0 Å². The highest BCUT2D eigenvalue weighted by Gasteiger charge is 2.34. The second kappa shape index (κ2) is 4.07. The van der Waals surface area contributed by atoms with E-state index in [1.54, 1.807) is 13.0 Å². The van der Waals surface area contributed by atoms with Gasteiger partial charge in [-0.1, -0.05) is 6.08 Å². The summed E-state index contributed by atoms with van der Waals surface area (Å²) >= 11 is 0. The van der Waals surface area contributed by atoms with E-state index in [4.69, 9.17) is 5.11 Å². The Balaban J connectivity index is 4.68. The van der Waals surface area contributed by atoms with Gasteiger partial charge in [0.15, 0.2) is 0 Å². The van der Waals surface area contributed by atoms with Gasteiger partial charge in [0.05, 0.1) is 0 Å². The lowest BCUT2D eigenvalue weighted by molar-refractivity contribution is -0.153. The third-order valence-electron chi connectivity index (χ3n) is 2.00. The number of carbonyl (C=O) groups is 2. The van der Waals surface area contributed by atoms with Crippen LogP contribution in [-0.4, -0.2) is 34.5 Å². The first-order chi connectivity index (χ1) is 5.84. The summed E-state index contributed by atoms with van der Waals surface area (Å²) in [6.45, 7) is 4.67. The predicted molar refractivity (Wildman–Crippen MR) is 49.3 cm³/mol. The molecule has 0 rings (SSSR count). The van der Waals surface area contributed by atoms with E-state index >= 15 is 0 Å². The van der Waals surface area contributed by atoms with E-state index in [1.165, 1.54) is 31.9 Å². The molecule has 1 N–H and O–H groups in total. The van der Waals surface area contributed by atoms with Crippen molar-refractivity contribution in [1.82, 2.24) is 4.90 Å². The predicted octanol–water partition coefficient (Wildman–Crippen LogP) is 0.884. The standard InChI is InChI=1S/C9H15NO3/c1-5-6-7(11)10(4)9(2,3)8(12)13/h5-6H,1-4H3,(H,12,13). The summed E-state index contributed by atoms with van der Waals surface area (Å²) in [6, 6.07) is 0. The zero-order chi connectivity index (χ0) is 10.6. The van der Waals surface area contributed by atoms with E-state index in [-0.39, 0.29) is 5.91 Å².